The van der Waals surface area contributed by atoms with Gasteiger partial charge in [-0.15, -0.1) is 0 Å². The Morgan fingerprint density at radius 1 is 0.750 bits per heavy atom. The van der Waals surface area contributed by atoms with Crippen LogP contribution in [0.25, 0.3) is 0 Å². The maximum absolute atomic E-state index is 6.14. The number of rotatable bonds is 17. The Morgan fingerprint density at radius 3 is 2.18 bits per heavy atom. The van der Waals surface area contributed by atoms with Crippen LogP contribution in [0.2, 0.25) is 0 Å². The van der Waals surface area contributed by atoms with Crippen LogP contribution < -0.4 is 4.74 Å². The fourth-order valence-electron chi connectivity index (χ4n) is 4.67. The Kier molecular flexibility index (Phi) is 13.2. The molecule has 1 aromatic rings. The number of ether oxygens (including phenoxy) is 1. The molecule has 0 N–H and O–H groups in total. The van der Waals surface area contributed by atoms with Crippen LogP contribution in [0.1, 0.15) is 122 Å². The van der Waals surface area contributed by atoms with Crippen LogP contribution in [0.15, 0.2) is 24.3 Å². The second kappa shape index (κ2) is 15.9. The summed E-state index contributed by atoms with van der Waals surface area (Å²) >= 11 is 0. The summed E-state index contributed by atoms with van der Waals surface area (Å²) in [6, 6.07) is 8.70. The molecule has 160 valence electrons. The quantitative estimate of drug-likeness (QED) is 0.243. The number of aryl methyl sites for hydroxylation is 1. The van der Waals surface area contributed by atoms with Crippen molar-refractivity contribution in [1.82, 2.24) is 0 Å². The minimum Gasteiger partial charge on any atom is -0.493 e. The van der Waals surface area contributed by atoms with E-state index in [1.54, 1.807) is 0 Å². The highest BCUT2D eigenvalue weighted by molar-refractivity contribution is 5.33. The Morgan fingerprint density at radius 2 is 1.39 bits per heavy atom. The molecule has 1 heteroatoms. The van der Waals surface area contributed by atoms with Crippen molar-refractivity contribution in [3.63, 3.8) is 0 Å². The Bertz CT molecular complexity index is 475. The van der Waals surface area contributed by atoms with E-state index in [1.807, 2.05) is 0 Å². The van der Waals surface area contributed by atoms with Crippen molar-refractivity contribution in [3.05, 3.63) is 29.8 Å². The van der Waals surface area contributed by atoms with Crippen molar-refractivity contribution in [2.75, 3.05) is 6.61 Å². The summed E-state index contributed by atoms with van der Waals surface area (Å²) in [7, 11) is 0. The molecule has 0 bridgehead atoms. The fraction of sp³-hybridized carbons (Fsp3) is 0.778. The van der Waals surface area contributed by atoms with Gasteiger partial charge < -0.3 is 4.74 Å². The molecule has 1 fully saturated rings. The molecule has 1 nitrogen and oxygen atoms in total. The molecule has 1 aliphatic carbocycles. The van der Waals surface area contributed by atoms with Crippen LogP contribution >= 0.6 is 0 Å². The molecule has 0 atom stereocenters. The van der Waals surface area contributed by atoms with Gasteiger partial charge >= 0.3 is 0 Å². The zero-order valence-corrected chi connectivity index (χ0v) is 18.7. The highest BCUT2D eigenvalue weighted by Gasteiger charge is 2.13. The lowest BCUT2D eigenvalue weighted by molar-refractivity contribution is 0.300. The van der Waals surface area contributed by atoms with Gasteiger partial charge in [0, 0.05) is 0 Å². The van der Waals surface area contributed by atoms with Crippen LogP contribution in [0.3, 0.4) is 0 Å². The van der Waals surface area contributed by atoms with Gasteiger partial charge in [0.1, 0.15) is 5.75 Å². The van der Waals surface area contributed by atoms with Gasteiger partial charge in [0.2, 0.25) is 0 Å². The van der Waals surface area contributed by atoms with Crippen LogP contribution in [-0.2, 0) is 6.42 Å². The van der Waals surface area contributed by atoms with Crippen molar-refractivity contribution < 1.29 is 4.74 Å². The molecule has 0 spiro atoms. The van der Waals surface area contributed by atoms with Gasteiger partial charge in [-0.3, -0.25) is 0 Å². The monoisotopic (exact) mass is 386 g/mol. The molecule has 2 rings (SSSR count). The second-order valence-electron chi connectivity index (χ2n) is 9.03. The molecule has 0 radical (unpaired) electrons. The van der Waals surface area contributed by atoms with E-state index in [2.05, 4.69) is 31.2 Å². The van der Waals surface area contributed by atoms with E-state index in [-0.39, 0.29) is 0 Å². The maximum atomic E-state index is 6.14. The van der Waals surface area contributed by atoms with Gasteiger partial charge in [-0.05, 0) is 36.8 Å². The van der Waals surface area contributed by atoms with Crippen molar-refractivity contribution >= 4 is 0 Å². The predicted octanol–water partition coefficient (Wildman–Crippen LogP) is 8.89. The molecule has 0 saturated heterocycles. The van der Waals surface area contributed by atoms with E-state index < -0.39 is 0 Å². The molecule has 1 saturated carbocycles. The molecule has 1 aliphatic rings. The number of para-hydroxylation sites is 1. The molecule has 28 heavy (non-hydrogen) atoms. The highest BCUT2D eigenvalue weighted by Crippen LogP contribution is 2.29. The van der Waals surface area contributed by atoms with Crippen LogP contribution in [0, 0.1) is 5.92 Å². The van der Waals surface area contributed by atoms with Crippen molar-refractivity contribution in [1.29, 1.82) is 0 Å². The van der Waals surface area contributed by atoms with Gasteiger partial charge in [0.25, 0.3) is 0 Å². The zero-order chi connectivity index (χ0) is 19.7. The summed E-state index contributed by atoms with van der Waals surface area (Å²) < 4.78 is 6.14. The summed E-state index contributed by atoms with van der Waals surface area (Å²) in [5, 5.41) is 0. The normalized spacial score (nSPS) is 14.6. The van der Waals surface area contributed by atoms with Crippen molar-refractivity contribution in [2.45, 2.75) is 122 Å². The van der Waals surface area contributed by atoms with Gasteiger partial charge in [-0.1, -0.05) is 121 Å². The third kappa shape index (κ3) is 10.5. The first kappa shape index (κ1) is 23.3. The highest BCUT2D eigenvalue weighted by atomic mass is 16.5. The van der Waals surface area contributed by atoms with Crippen LogP contribution in [0.5, 0.6) is 5.75 Å². The van der Waals surface area contributed by atoms with E-state index in [4.69, 9.17) is 4.74 Å². The molecule has 0 aromatic heterocycles. The average molecular weight is 387 g/mol. The Hall–Kier alpha value is -0.980. The predicted molar refractivity (Wildman–Crippen MR) is 123 cm³/mol. The van der Waals surface area contributed by atoms with E-state index in [1.165, 1.54) is 121 Å². The number of hydrogen-bond donors (Lipinski definition) is 0. The average Bonchev–Trinajstić information content (AvgIpc) is 3.24. The second-order valence-corrected chi connectivity index (χ2v) is 9.03. The van der Waals surface area contributed by atoms with E-state index in [0.717, 1.165) is 18.3 Å². The SMILES string of the molecule is CCCCCCCCCc1ccccc1OCCCCCCCC1CCCC1. The van der Waals surface area contributed by atoms with E-state index in [9.17, 15) is 0 Å². The lowest BCUT2D eigenvalue weighted by Gasteiger charge is -2.12. The van der Waals surface area contributed by atoms with Gasteiger partial charge in [0.05, 0.1) is 6.61 Å². The first-order chi connectivity index (χ1) is 13.9. The van der Waals surface area contributed by atoms with Gasteiger partial charge in [0.15, 0.2) is 0 Å². The largest absolute Gasteiger partial charge is 0.493 e. The van der Waals surface area contributed by atoms with Crippen LogP contribution in [0.4, 0.5) is 0 Å². The van der Waals surface area contributed by atoms with Crippen molar-refractivity contribution in [3.8, 4) is 5.75 Å². The summed E-state index contributed by atoms with van der Waals surface area (Å²) in [5.41, 5.74) is 1.41. The van der Waals surface area contributed by atoms with Gasteiger partial charge in [-0.2, -0.15) is 0 Å². The smallest absolute Gasteiger partial charge is 0.122 e. The van der Waals surface area contributed by atoms with Crippen LogP contribution in [-0.4, -0.2) is 6.61 Å². The first-order valence-electron chi connectivity index (χ1n) is 12.6. The minimum absolute atomic E-state index is 0.886. The number of hydrogen-bond acceptors (Lipinski definition) is 1. The number of benzene rings is 1. The van der Waals surface area contributed by atoms with E-state index in [0.29, 0.717) is 0 Å². The summed E-state index contributed by atoms with van der Waals surface area (Å²) in [5.74, 6) is 2.20. The Balaban J connectivity index is 1.48. The minimum atomic E-state index is 0.886. The lowest BCUT2D eigenvalue weighted by Crippen LogP contribution is -2.00. The molecule has 0 aliphatic heterocycles. The summed E-state index contributed by atoms with van der Waals surface area (Å²) in [6.07, 6.45) is 25.0. The fourth-order valence-corrected chi connectivity index (χ4v) is 4.67. The molecular weight excluding hydrogens is 340 g/mol. The maximum Gasteiger partial charge on any atom is 0.122 e. The zero-order valence-electron chi connectivity index (χ0n) is 18.7. The Labute approximate surface area is 175 Å². The lowest BCUT2D eigenvalue weighted by atomic mass is 9.99. The summed E-state index contributed by atoms with van der Waals surface area (Å²) in [6.45, 7) is 3.17. The molecule has 0 amide bonds. The molecule has 0 heterocycles. The summed E-state index contributed by atoms with van der Waals surface area (Å²) in [4.78, 5) is 0. The molecular formula is C27H46O. The third-order valence-corrected chi connectivity index (χ3v) is 6.51. The van der Waals surface area contributed by atoms with Crippen molar-refractivity contribution in [2.24, 2.45) is 5.92 Å². The van der Waals surface area contributed by atoms with E-state index >= 15 is 0 Å². The molecule has 1 aromatic carbocycles. The first-order valence-corrected chi connectivity index (χ1v) is 12.6. The topological polar surface area (TPSA) is 9.23 Å². The standard InChI is InChI=1S/C27H46O/c1-2-3-4-5-6-9-12-21-26-22-15-16-23-27(26)28-24-17-10-7-8-11-18-25-19-13-14-20-25/h15-16,22-23,25H,2-14,17-21,24H2,1H3. The third-order valence-electron chi connectivity index (χ3n) is 6.51. The molecule has 0 unspecified atom stereocenters. The number of unbranched alkanes of at least 4 members (excludes halogenated alkanes) is 10. The van der Waals surface area contributed by atoms with Gasteiger partial charge in [-0.25, -0.2) is 0 Å².